The maximum absolute atomic E-state index is 9.75. The van der Waals surface area contributed by atoms with Crippen molar-refractivity contribution in [3.8, 4) is 0 Å². The third-order valence-corrected chi connectivity index (χ3v) is 0. The van der Waals surface area contributed by atoms with Gasteiger partial charge in [-0.25, -0.2) is 0 Å². The van der Waals surface area contributed by atoms with Gasteiger partial charge in [0.15, 0.2) is 0 Å². The molecule has 0 saturated heterocycles. The topological polar surface area (TPSA) is 0 Å². The molecule has 0 rings (SSSR count). The van der Waals surface area contributed by atoms with Crippen LogP contribution < -0.4 is 0 Å². The number of hydrogen-bond acceptors (Lipinski definition) is 0. The van der Waals surface area contributed by atoms with Crippen LogP contribution in [0.3, 0.4) is 0 Å². The number of halogens is 5. The van der Waals surface area contributed by atoms with Crippen LogP contribution in [0.2, 0.25) is 0 Å². The van der Waals surface area contributed by atoms with Gasteiger partial charge < -0.3 is 0 Å². The molecular weight excluding hydrogens is 207 g/mol. The Morgan fingerprint density at radius 2 is 1.00 bits per heavy atom. The van der Waals surface area contributed by atoms with Crippen molar-refractivity contribution < 1.29 is 48.9 Å². The summed E-state index contributed by atoms with van der Waals surface area (Å²) >= 11 is -6.00. The van der Waals surface area contributed by atoms with Gasteiger partial charge in [0.2, 0.25) is 0 Å². The molecule has 0 unspecified atom stereocenters. The first-order valence-corrected chi connectivity index (χ1v) is 2.75. The van der Waals surface area contributed by atoms with E-state index in [1.807, 2.05) is 0 Å². The summed E-state index contributed by atoms with van der Waals surface area (Å²) in [5.74, 6) is 0. The summed E-state index contributed by atoms with van der Waals surface area (Å²) in [4.78, 5) is 0. The summed E-state index contributed by atoms with van der Waals surface area (Å²) in [5.41, 5.74) is 0. The molecule has 0 nitrogen and oxygen atoms in total. The Bertz CT molecular complexity index is 17.3. The van der Waals surface area contributed by atoms with Crippen molar-refractivity contribution in [1.82, 2.24) is 0 Å². The summed E-state index contributed by atoms with van der Waals surface area (Å²) in [5, 5.41) is 0. The van der Waals surface area contributed by atoms with Crippen LogP contribution in [-0.4, -0.2) is 0 Å². The van der Waals surface area contributed by atoms with Crippen LogP contribution >= 0.6 is 0 Å². The van der Waals surface area contributed by atoms with E-state index in [1.54, 1.807) is 0 Å². The average molecular weight is 207 g/mol. The molecule has 0 aromatic carbocycles. The van der Waals surface area contributed by atoms with Gasteiger partial charge in [-0.1, -0.05) is 0 Å². The molecule has 0 aliphatic rings. The standard InChI is InChI=1S/5FH.2Fe/h5*1H;;/q;;;;;+2;+3/p-5. The number of hydrogen-bond donors (Lipinski definition) is 0. The van der Waals surface area contributed by atoms with E-state index in [-0.39, 0.29) is 0 Å². The second kappa shape index (κ2) is 9.85. The summed E-state index contributed by atoms with van der Waals surface area (Å²) in [6, 6.07) is 0. The molecule has 0 aromatic rings. The van der Waals surface area contributed by atoms with E-state index in [9.17, 15) is 17.8 Å². The molecule has 0 aliphatic carbocycles. The molecule has 0 atom stereocenters. The van der Waals surface area contributed by atoms with Gasteiger partial charge in [-0.3, -0.25) is 0 Å². The van der Waals surface area contributed by atoms with Gasteiger partial charge in [0, 0.05) is 0 Å². The molecule has 7 heavy (non-hydrogen) atoms. The van der Waals surface area contributed by atoms with E-state index in [0.29, 0.717) is 0 Å². The zero-order valence-corrected chi connectivity index (χ0v) is 4.81. The van der Waals surface area contributed by atoms with Crippen molar-refractivity contribution >= 4 is 0 Å². The Morgan fingerprint density at radius 3 is 1.00 bits per heavy atom. The molecule has 0 bridgehead atoms. The van der Waals surface area contributed by atoms with Gasteiger partial charge in [0.1, 0.15) is 0 Å². The molecule has 0 radical (unpaired) electrons. The van der Waals surface area contributed by atoms with Crippen LogP contribution in [-0.2, 0) is 31.1 Å². The zero-order chi connectivity index (χ0) is 6.28. The second-order valence-corrected chi connectivity index (χ2v) is 0.833. The van der Waals surface area contributed by atoms with Crippen LogP contribution in [0.25, 0.3) is 0 Å². The van der Waals surface area contributed by atoms with E-state index in [0.717, 1.165) is 0 Å². The van der Waals surface area contributed by atoms with Gasteiger partial charge in [-0.2, -0.15) is 0 Å². The van der Waals surface area contributed by atoms with Crippen molar-refractivity contribution in [2.45, 2.75) is 0 Å². The molecule has 0 heterocycles. The van der Waals surface area contributed by atoms with Gasteiger partial charge in [0.25, 0.3) is 0 Å². The fourth-order valence-electron chi connectivity index (χ4n) is 0. The predicted octanol–water partition coefficient (Wildman–Crippen LogP) is 2.10. The Hall–Kier alpha value is 0.689. The van der Waals surface area contributed by atoms with E-state index in [1.165, 1.54) is 0 Å². The summed E-state index contributed by atoms with van der Waals surface area (Å²) in [6.45, 7) is 0. The van der Waals surface area contributed by atoms with Crippen LogP contribution in [0, 0.1) is 0 Å². The fraction of sp³-hybridized carbons (Fsp3) is 0. The summed E-state index contributed by atoms with van der Waals surface area (Å²) < 4.78 is 48.5. The normalized spacial score (nSPS) is 9.57. The Labute approximate surface area is 49.4 Å². The molecule has 0 aliphatic heterocycles. The predicted molar refractivity (Wildman–Crippen MR) is 5.54 cm³/mol. The average Bonchev–Trinajstić information content (AvgIpc) is 1.33. The SMILES string of the molecule is [F][Fe]([F])[F].[F][Fe][F]. The summed E-state index contributed by atoms with van der Waals surface area (Å²) in [7, 11) is 0. The fourth-order valence-corrected chi connectivity index (χ4v) is 0. The third kappa shape index (κ3) is 310. The minimum absolute atomic E-state index is 1.75. The third-order valence-electron chi connectivity index (χ3n) is 0. The van der Waals surface area contributed by atoms with E-state index in [4.69, 9.17) is 0 Å². The molecule has 0 aromatic heterocycles. The van der Waals surface area contributed by atoms with Crippen molar-refractivity contribution in [1.29, 1.82) is 0 Å². The van der Waals surface area contributed by atoms with Crippen molar-refractivity contribution in [2.24, 2.45) is 0 Å². The van der Waals surface area contributed by atoms with Crippen LogP contribution in [0.15, 0.2) is 0 Å². The molecule has 7 heteroatoms. The van der Waals surface area contributed by atoms with Gasteiger partial charge in [0.05, 0.1) is 0 Å². The number of rotatable bonds is 0. The quantitative estimate of drug-likeness (QED) is 0.421. The second-order valence-electron chi connectivity index (χ2n) is 0.202. The minimum atomic E-state index is -4.25. The molecule has 0 saturated carbocycles. The molecule has 0 spiro atoms. The first kappa shape index (κ1) is 10.6. The molecule has 0 amide bonds. The Morgan fingerprint density at radius 1 is 1.00 bits per heavy atom. The van der Waals surface area contributed by atoms with E-state index < -0.39 is 31.1 Å². The first-order valence-electron chi connectivity index (χ1n) is 0.668. The van der Waals surface area contributed by atoms with Gasteiger partial charge >= 0.3 is 48.9 Å². The monoisotopic (exact) mass is 207 g/mol. The van der Waals surface area contributed by atoms with Crippen LogP contribution in [0.4, 0.5) is 17.8 Å². The molecule has 51 valence electrons. The van der Waals surface area contributed by atoms with Crippen LogP contribution in [0.1, 0.15) is 0 Å². The van der Waals surface area contributed by atoms with Crippen molar-refractivity contribution in [3.05, 3.63) is 0 Å². The Kier molecular flexibility index (Phi) is 15.0. The first-order chi connectivity index (χ1) is 3.15. The Balaban J connectivity index is 0. The zero-order valence-electron chi connectivity index (χ0n) is 2.60. The molecule has 0 N–H and O–H groups in total. The van der Waals surface area contributed by atoms with E-state index in [2.05, 4.69) is 0 Å². The van der Waals surface area contributed by atoms with Crippen molar-refractivity contribution in [2.75, 3.05) is 0 Å². The molecular formula is F5Fe2. The van der Waals surface area contributed by atoms with Gasteiger partial charge in [-0.15, -0.1) is 0 Å². The van der Waals surface area contributed by atoms with Gasteiger partial charge in [-0.05, 0) is 0 Å². The van der Waals surface area contributed by atoms with Crippen molar-refractivity contribution in [3.63, 3.8) is 0 Å². The summed E-state index contributed by atoms with van der Waals surface area (Å²) in [6.07, 6.45) is 0. The maximum atomic E-state index is 9.75. The van der Waals surface area contributed by atoms with E-state index >= 15 is 0 Å². The van der Waals surface area contributed by atoms with Crippen LogP contribution in [0.5, 0.6) is 0 Å². The molecule has 0 fully saturated rings.